The second-order valence-electron chi connectivity index (χ2n) is 7.09. The molecule has 5 rings (SSSR count). The van der Waals surface area contributed by atoms with Crippen molar-refractivity contribution in [2.45, 2.75) is 13.3 Å². The first-order valence-electron chi connectivity index (χ1n) is 9.49. The van der Waals surface area contributed by atoms with Gasteiger partial charge in [-0.05, 0) is 37.3 Å². The molecule has 10 heteroatoms. The molecule has 160 valence electrons. The van der Waals surface area contributed by atoms with E-state index in [1.807, 2.05) is 12.1 Å². The molecule has 32 heavy (non-hydrogen) atoms. The van der Waals surface area contributed by atoms with Crippen LogP contribution in [0, 0.1) is 6.92 Å². The fourth-order valence-corrected chi connectivity index (χ4v) is 3.45. The van der Waals surface area contributed by atoms with Gasteiger partial charge in [0.1, 0.15) is 0 Å². The van der Waals surface area contributed by atoms with Crippen molar-refractivity contribution in [1.29, 1.82) is 0 Å². The lowest BCUT2D eigenvalue weighted by molar-refractivity contribution is -0.276. The molecule has 0 aliphatic heterocycles. The molecule has 0 aliphatic rings. The minimum atomic E-state index is -4.80. The highest BCUT2D eigenvalue weighted by Gasteiger charge is 2.31. The number of hydrogen-bond acceptors (Lipinski definition) is 5. The van der Waals surface area contributed by atoms with Crippen LogP contribution in [0.25, 0.3) is 39.2 Å². The second-order valence-corrected chi connectivity index (χ2v) is 7.09. The number of halogens is 3. The minimum absolute atomic E-state index is 0.0962. The first-order chi connectivity index (χ1) is 15.3. The van der Waals surface area contributed by atoms with Crippen LogP contribution in [-0.4, -0.2) is 30.9 Å². The number of pyridine rings is 3. The fraction of sp³-hybridized carbons (Fsp3) is 0.0909. The van der Waals surface area contributed by atoms with Gasteiger partial charge in [-0.1, -0.05) is 12.1 Å². The normalized spacial score (nSPS) is 11.9. The van der Waals surface area contributed by atoms with Gasteiger partial charge >= 0.3 is 6.36 Å². The van der Waals surface area contributed by atoms with E-state index in [-0.39, 0.29) is 5.43 Å². The summed E-state index contributed by atoms with van der Waals surface area (Å²) in [4.78, 5) is 24.1. The Morgan fingerprint density at radius 3 is 2.56 bits per heavy atom. The van der Waals surface area contributed by atoms with E-state index in [1.165, 1.54) is 16.8 Å². The molecule has 0 unspecified atom stereocenters. The first kappa shape index (κ1) is 19.7. The maximum Gasteiger partial charge on any atom is 0.574 e. The van der Waals surface area contributed by atoms with Crippen LogP contribution in [0.4, 0.5) is 13.2 Å². The number of hydrogen-bond donors (Lipinski definition) is 1. The molecule has 0 bridgehead atoms. The Morgan fingerprint density at radius 2 is 1.81 bits per heavy atom. The van der Waals surface area contributed by atoms with Gasteiger partial charge in [0, 0.05) is 46.1 Å². The van der Waals surface area contributed by atoms with Gasteiger partial charge in [-0.2, -0.15) is 0 Å². The van der Waals surface area contributed by atoms with Gasteiger partial charge in [-0.15, -0.1) is 18.3 Å². The molecular formula is C22H14F3N5O2. The van der Waals surface area contributed by atoms with Gasteiger partial charge in [0.2, 0.25) is 5.88 Å². The molecule has 5 aromatic rings. The van der Waals surface area contributed by atoms with E-state index in [1.54, 1.807) is 37.4 Å². The highest BCUT2D eigenvalue weighted by Crippen LogP contribution is 2.25. The Balaban J connectivity index is 1.53. The number of benzene rings is 1. The van der Waals surface area contributed by atoms with E-state index in [0.29, 0.717) is 44.8 Å². The Labute approximate surface area is 178 Å². The molecule has 0 fully saturated rings. The number of nitrogens with one attached hydrogen (secondary N) is 1. The number of aromatic nitrogens is 5. The average Bonchev–Trinajstić information content (AvgIpc) is 3.19. The smallest absolute Gasteiger partial charge is 0.388 e. The van der Waals surface area contributed by atoms with Crippen LogP contribution in [0.5, 0.6) is 5.88 Å². The van der Waals surface area contributed by atoms with Crippen molar-refractivity contribution in [2.75, 3.05) is 0 Å². The molecular weight excluding hydrogens is 423 g/mol. The molecule has 0 spiro atoms. The van der Waals surface area contributed by atoms with E-state index in [2.05, 4.69) is 24.8 Å². The molecule has 0 saturated carbocycles. The summed E-state index contributed by atoms with van der Waals surface area (Å²) in [6.45, 7) is 1.72. The van der Waals surface area contributed by atoms with Gasteiger partial charge in [-0.3, -0.25) is 4.79 Å². The standard InChI is InChI=1S/C22H14F3N5O2/c1-12-19(27-16-5-3-2-4-15(16)20(12)31)21-28-17-8-6-14(11-30(17)29-21)13-7-9-18(26-10-13)32-22(23,24)25/h2-11H,1H3,(H,27,31). The molecule has 1 N–H and O–H groups in total. The first-order valence-corrected chi connectivity index (χ1v) is 9.49. The molecule has 0 radical (unpaired) electrons. The van der Waals surface area contributed by atoms with Crippen LogP contribution < -0.4 is 10.2 Å². The summed E-state index contributed by atoms with van der Waals surface area (Å²) in [5, 5.41) is 5.07. The zero-order valence-electron chi connectivity index (χ0n) is 16.5. The summed E-state index contributed by atoms with van der Waals surface area (Å²) in [5.74, 6) is -0.185. The van der Waals surface area contributed by atoms with Crippen LogP contribution in [0.2, 0.25) is 0 Å². The number of ether oxygens (including phenoxy) is 1. The lowest BCUT2D eigenvalue weighted by Crippen LogP contribution is -2.17. The summed E-state index contributed by atoms with van der Waals surface area (Å²) in [6.07, 6.45) is -1.83. The Kier molecular flexibility index (Phi) is 4.43. The van der Waals surface area contributed by atoms with Gasteiger partial charge in [0.05, 0.1) is 5.69 Å². The number of fused-ring (bicyclic) bond motifs is 2. The van der Waals surface area contributed by atoms with Crippen molar-refractivity contribution in [3.05, 3.63) is 76.7 Å². The lowest BCUT2D eigenvalue weighted by atomic mass is 10.1. The number of para-hydroxylation sites is 1. The minimum Gasteiger partial charge on any atom is -0.388 e. The highest BCUT2D eigenvalue weighted by atomic mass is 19.4. The van der Waals surface area contributed by atoms with Crippen molar-refractivity contribution in [1.82, 2.24) is 24.6 Å². The maximum absolute atomic E-state index is 12.7. The third-order valence-corrected chi connectivity index (χ3v) is 4.99. The molecule has 4 heterocycles. The van der Waals surface area contributed by atoms with E-state index in [0.717, 1.165) is 6.07 Å². The molecule has 1 aromatic carbocycles. The van der Waals surface area contributed by atoms with Crippen molar-refractivity contribution in [3.63, 3.8) is 0 Å². The molecule has 7 nitrogen and oxygen atoms in total. The summed E-state index contributed by atoms with van der Waals surface area (Å²) >= 11 is 0. The van der Waals surface area contributed by atoms with Crippen LogP contribution in [0.15, 0.2) is 65.7 Å². The molecule has 0 saturated heterocycles. The van der Waals surface area contributed by atoms with Crippen molar-refractivity contribution in [2.24, 2.45) is 0 Å². The van der Waals surface area contributed by atoms with Crippen LogP contribution in [-0.2, 0) is 0 Å². The van der Waals surface area contributed by atoms with Crippen molar-refractivity contribution < 1.29 is 17.9 Å². The lowest BCUT2D eigenvalue weighted by Gasteiger charge is -2.08. The van der Waals surface area contributed by atoms with E-state index in [4.69, 9.17) is 0 Å². The zero-order chi connectivity index (χ0) is 22.5. The Hall–Kier alpha value is -4.21. The van der Waals surface area contributed by atoms with Gasteiger partial charge in [0.15, 0.2) is 16.9 Å². The molecule has 0 amide bonds. The van der Waals surface area contributed by atoms with Crippen molar-refractivity contribution >= 4 is 16.6 Å². The number of aromatic amines is 1. The fourth-order valence-electron chi connectivity index (χ4n) is 3.45. The number of H-pyrrole nitrogens is 1. The summed E-state index contributed by atoms with van der Waals surface area (Å²) < 4.78 is 42.3. The number of alkyl halides is 3. The summed E-state index contributed by atoms with van der Waals surface area (Å²) in [7, 11) is 0. The highest BCUT2D eigenvalue weighted by molar-refractivity contribution is 5.82. The predicted molar refractivity (Wildman–Crippen MR) is 111 cm³/mol. The second kappa shape index (κ2) is 7.19. The van der Waals surface area contributed by atoms with Gasteiger partial charge in [-0.25, -0.2) is 14.5 Å². The summed E-state index contributed by atoms with van der Waals surface area (Å²) in [5.41, 5.74) is 3.41. The van der Waals surface area contributed by atoms with Crippen LogP contribution in [0.3, 0.4) is 0 Å². The predicted octanol–water partition coefficient (Wildman–Crippen LogP) is 4.51. The molecule has 0 aliphatic carbocycles. The third-order valence-electron chi connectivity index (χ3n) is 4.99. The number of rotatable bonds is 3. The Morgan fingerprint density at radius 1 is 1.03 bits per heavy atom. The quantitative estimate of drug-likeness (QED) is 0.449. The maximum atomic E-state index is 12.7. The largest absolute Gasteiger partial charge is 0.574 e. The van der Waals surface area contributed by atoms with E-state index < -0.39 is 12.2 Å². The number of nitrogens with zero attached hydrogens (tertiary/aromatic N) is 4. The van der Waals surface area contributed by atoms with E-state index >= 15 is 0 Å². The van der Waals surface area contributed by atoms with Crippen LogP contribution in [0.1, 0.15) is 5.56 Å². The van der Waals surface area contributed by atoms with Crippen molar-refractivity contribution in [3.8, 4) is 28.5 Å². The zero-order valence-corrected chi connectivity index (χ0v) is 16.5. The topological polar surface area (TPSA) is 85.2 Å². The molecule has 4 aromatic heterocycles. The van der Waals surface area contributed by atoms with Gasteiger partial charge < -0.3 is 9.72 Å². The third kappa shape index (κ3) is 3.55. The Bertz CT molecular complexity index is 1520. The monoisotopic (exact) mass is 437 g/mol. The van der Waals surface area contributed by atoms with E-state index in [9.17, 15) is 18.0 Å². The average molecular weight is 437 g/mol. The summed E-state index contributed by atoms with van der Waals surface area (Å²) in [6, 6.07) is 13.3. The van der Waals surface area contributed by atoms with Crippen LogP contribution >= 0.6 is 0 Å². The SMILES string of the molecule is Cc1c(-c2nc3ccc(-c4ccc(OC(F)(F)F)nc4)cn3n2)[nH]c2ccccc2c1=O. The van der Waals surface area contributed by atoms with Gasteiger partial charge in [0.25, 0.3) is 0 Å². The molecule has 0 atom stereocenters.